The number of amides is 1. The molecule has 0 atom stereocenters. The quantitative estimate of drug-likeness (QED) is 0.500. The highest BCUT2D eigenvalue weighted by Gasteiger charge is 2.09. The average Bonchev–Trinajstić information content (AvgIpc) is 1.64. The summed E-state index contributed by atoms with van der Waals surface area (Å²) in [5.41, 5.74) is 0. The van der Waals surface area contributed by atoms with Crippen molar-refractivity contribution in [3.8, 4) is 0 Å². The Hall–Kier alpha value is -0.990. The molecule has 0 aromatic heterocycles. The maximum atomic E-state index is 10.3. The Labute approximate surface area is 47.3 Å². The number of ether oxygens (including phenoxy) is 1. The van der Waals surface area contributed by atoms with Crippen LogP contribution in [-0.2, 0) is 4.74 Å². The van der Waals surface area contributed by atoms with E-state index in [4.69, 9.17) is 0 Å². The number of nitrogens with one attached hydrogen (secondary N) is 1. The van der Waals surface area contributed by atoms with Crippen LogP contribution >= 0.6 is 0 Å². The monoisotopic (exact) mass is 113 g/mol. The summed E-state index contributed by atoms with van der Waals surface area (Å²) in [7, 11) is 0. The van der Waals surface area contributed by atoms with Crippen molar-refractivity contribution in [3.63, 3.8) is 0 Å². The maximum Gasteiger partial charge on any atom is 0.412 e. The van der Waals surface area contributed by atoms with Crippen LogP contribution in [0.3, 0.4) is 0 Å². The van der Waals surface area contributed by atoms with Crippen LogP contribution in [0, 0.1) is 0 Å². The average molecular weight is 113 g/mol. The number of hydrogen-bond acceptors (Lipinski definition) is 2. The highest BCUT2D eigenvalue weighted by atomic mass is 16.6. The topological polar surface area (TPSA) is 38.3 Å². The Morgan fingerprint density at radius 2 is 2.50 bits per heavy atom. The first-order chi connectivity index (χ1) is 3.79. The molecule has 3 heteroatoms. The van der Waals surface area contributed by atoms with Crippen LogP contribution in [0.5, 0.6) is 0 Å². The van der Waals surface area contributed by atoms with Gasteiger partial charge in [-0.05, 0) is 0 Å². The van der Waals surface area contributed by atoms with Crippen molar-refractivity contribution in [3.05, 3.63) is 12.3 Å². The van der Waals surface area contributed by atoms with Crippen LogP contribution in [0.2, 0.25) is 0 Å². The van der Waals surface area contributed by atoms with E-state index in [1.165, 1.54) is 0 Å². The molecule has 0 aromatic carbocycles. The first-order valence-corrected chi connectivity index (χ1v) is 2.42. The second kappa shape index (κ2) is 1.86. The molecule has 1 rings (SSSR count). The van der Waals surface area contributed by atoms with Gasteiger partial charge in [-0.2, -0.15) is 0 Å². The lowest BCUT2D eigenvalue weighted by Crippen LogP contribution is -2.30. The fourth-order valence-corrected chi connectivity index (χ4v) is 0.522. The van der Waals surface area contributed by atoms with E-state index in [9.17, 15) is 4.79 Å². The zero-order valence-electron chi connectivity index (χ0n) is 4.44. The van der Waals surface area contributed by atoms with E-state index in [-0.39, 0.29) is 6.09 Å². The van der Waals surface area contributed by atoms with E-state index >= 15 is 0 Å². The molecule has 1 heterocycles. The summed E-state index contributed by atoms with van der Waals surface area (Å²) in [6.45, 7) is 4.13. The van der Waals surface area contributed by atoms with Gasteiger partial charge >= 0.3 is 6.09 Å². The number of rotatable bonds is 0. The third kappa shape index (κ3) is 0.992. The summed E-state index contributed by atoms with van der Waals surface area (Å²) < 4.78 is 4.54. The van der Waals surface area contributed by atoms with E-state index in [1.807, 2.05) is 0 Å². The summed E-state index contributed by atoms with van der Waals surface area (Å²) in [6, 6.07) is 0. The zero-order chi connectivity index (χ0) is 5.98. The summed E-state index contributed by atoms with van der Waals surface area (Å²) in [4.78, 5) is 10.3. The van der Waals surface area contributed by atoms with Gasteiger partial charge in [0.2, 0.25) is 0 Å². The Morgan fingerprint density at radius 3 is 2.88 bits per heavy atom. The third-order valence-electron chi connectivity index (χ3n) is 0.910. The lowest BCUT2D eigenvalue weighted by molar-refractivity contribution is 0.162. The van der Waals surface area contributed by atoms with Gasteiger partial charge in [0.25, 0.3) is 0 Å². The van der Waals surface area contributed by atoms with Crippen LogP contribution in [-0.4, -0.2) is 12.6 Å². The number of cyclic esters (lactones) is 1. The molecule has 1 N–H and O–H groups in total. The Kier molecular flexibility index (Phi) is 1.20. The van der Waals surface area contributed by atoms with Gasteiger partial charge in [0.05, 0.1) is 0 Å². The summed E-state index contributed by atoms with van der Waals surface area (Å²) in [6.07, 6.45) is 0.340. The molecule has 0 bridgehead atoms. The summed E-state index contributed by atoms with van der Waals surface area (Å²) >= 11 is 0. The lowest BCUT2D eigenvalue weighted by Gasteiger charge is -2.13. The Balaban J connectivity index is 2.45. The van der Waals surface area contributed by atoms with Crippen LogP contribution < -0.4 is 5.32 Å². The molecule has 8 heavy (non-hydrogen) atoms. The van der Waals surface area contributed by atoms with Gasteiger partial charge in [-0.1, -0.05) is 6.58 Å². The second-order valence-corrected chi connectivity index (χ2v) is 1.60. The fourth-order valence-electron chi connectivity index (χ4n) is 0.522. The number of carbonyl (C=O) groups excluding carboxylic acids is 1. The molecule has 0 aromatic rings. The first-order valence-electron chi connectivity index (χ1n) is 2.42. The van der Waals surface area contributed by atoms with Crippen molar-refractivity contribution in [1.29, 1.82) is 0 Å². The molecule has 0 spiro atoms. The molecule has 1 aliphatic heterocycles. The lowest BCUT2D eigenvalue weighted by atomic mass is 10.3. The van der Waals surface area contributed by atoms with Gasteiger partial charge in [0.1, 0.15) is 5.76 Å². The minimum Gasteiger partial charge on any atom is -0.415 e. The van der Waals surface area contributed by atoms with E-state index < -0.39 is 0 Å². The van der Waals surface area contributed by atoms with E-state index in [2.05, 4.69) is 16.6 Å². The maximum absolute atomic E-state index is 10.3. The van der Waals surface area contributed by atoms with Gasteiger partial charge in [-0.3, -0.25) is 0 Å². The second-order valence-electron chi connectivity index (χ2n) is 1.60. The Bertz CT molecular complexity index is 116. The van der Waals surface area contributed by atoms with Crippen LogP contribution in [0.1, 0.15) is 6.42 Å². The van der Waals surface area contributed by atoms with Crippen molar-refractivity contribution in [2.24, 2.45) is 0 Å². The molecule has 0 unspecified atom stereocenters. The van der Waals surface area contributed by atoms with Gasteiger partial charge < -0.3 is 10.1 Å². The van der Waals surface area contributed by atoms with Crippen LogP contribution in [0.25, 0.3) is 0 Å². The molecule has 1 aliphatic rings. The molecular weight excluding hydrogens is 106 g/mol. The molecule has 3 nitrogen and oxygen atoms in total. The molecule has 1 fully saturated rings. The van der Waals surface area contributed by atoms with Crippen LogP contribution in [0.15, 0.2) is 12.3 Å². The van der Waals surface area contributed by atoms with Crippen molar-refractivity contribution in [1.82, 2.24) is 5.32 Å². The highest BCUT2D eigenvalue weighted by molar-refractivity contribution is 5.69. The van der Waals surface area contributed by atoms with Gasteiger partial charge in [-0.15, -0.1) is 0 Å². The standard InChI is InChI=1S/C5H7NO2/c1-4-2-3-6-5(7)8-4/h1-3H2,(H,6,7). The van der Waals surface area contributed by atoms with E-state index in [1.54, 1.807) is 0 Å². The molecule has 0 saturated carbocycles. The predicted octanol–water partition coefficient (Wildman–Crippen LogP) is 0.630. The molecule has 1 saturated heterocycles. The molecule has 44 valence electrons. The summed E-state index contributed by atoms with van der Waals surface area (Å²) in [5, 5.41) is 2.49. The highest BCUT2D eigenvalue weighted by Crippen LogP contribution is 2.03. The number of hydrogen-bond donors (Lipinski definition) is 1. The van der Waals surface area contributed by atoms with E-state index in [0.29, 0.717) is 12.3 Å². The predicted molar refractivity (Wildman–Crippen MR) is 28.2 cm³/mol. The van der Waals surface area contributed by atoms with Gasteiger partial charge in [0, 0.05) is 13.0 Å². The molecular formula is C5H7NO2. The van der Waals surface area contributed by atoms with Crippen molar-refractivity contribution >= 4 is 6.09 Å². The fraction of sp³-hybridized carbons (Fsp3) is 0.400. The van der Waals surface area contributed by atoms with Gasteiger partial charge in [-0.25, -0.2) is 4.79 Å². The van der Waals surface area contributed by atoms with Crippen molar-refractivity contribution < 1.29 is 9.53 Å². The normalized spacial score (nSPS) is 19.5. The van der Waals surface area contributed by atoms with Gasteiger partial charge in [0.15, 0.2) is 0 Å². The summed E-state index contributed by atoms with van der Waals surface area (Å²) in [5.74, 6) is 0.550. The van der Waals surface area contributed by atoms with E-state index in [0.717, 1.165) is 6.42 Å². The molecule has 1 amide bonds. The first kappa shape index (κ1) is 5.15. The Morgan fingerprint density at radius 1 is 1.75 bits per heavy atom. The zero-order valence-corrected chi connectivity index (χ0v) is 4.44. The van der Waals surface area contributed by atoms with Crippen LogP contribution in [0.4, 0.5) is 4.79 Å². The third-order valence-corrected chi connectivity index (χ3v) is 0.910. The minimum atomic E-state index is -0.388. The van der Waals surface area contributed by atoms with Crippen molar-refractivity contribution in [2.45, 2.75) is 6.42 Å². The smallest absolute Gasteiger partial charge is 0.412 e. The molecule has 0 aliphatic carbocycles. The minimum absolute atomic E-state index is 0.388. The largest absolute Gasteiger partial charge is 0.415 e. The number of carbonyl (C=O) groups is 1. The van der Waals surface area contributed by atoms with Crippen molar-refractivity contribution in [2.75, 3.05) is 6.54 Å². The molecule has 0 radical (unpaired) electrons. The SMILES string of the molecule is C=C1CCNC(=O)O1. The number of alkyl carbamates (subject to hydrolysis) is 1.